The van der Waals surface area contributed by atoms with Crippen LogP contribution in [0.4, 0.5) is 11.4 Å². The van der Waals surface area contributed by atoms with Crippen LogP contribution in [0.1, 0.15) is 12.8 Å². The van der Waals surface area contributed by atoms with Gasteiger partial charge < -0.3 is 48.5 Å². The van der Waals surface area contributed by atoms with Crippen molar-refractivity contribution in [3.63, 3.8) is 0 Å². The SMILES string of the molecule is O=S(=O)(O)OC[C@H]1O[C@@H](Oc2ccc(NCCCCNc3ccc(O[C@@H]4O[C@H](COS(=O)(=O)O)[C@@H](O[C@@H]5O[C@H](COS(=O)(=O)O)[C@@H](OS(=O)(=O)O)[C@H](OS(=O)(=O)O)[C@H]5OS(=O)(=O)O)[C@H](OS(=O)(=O)O)[C@H]4OS(=O)(=O)O)cc3)cc2)[C@H](OS(=O)(=O)O)[C@@H](OS(=O)(=O)O)[C@@H]1O[C@@H]1O[C@H](COS(=O)(=O)O)[C@@H](OS(=O)(=O)O)[C@H](OS(=O)(=O)O)[C@H]1OS(=O)(=O)O. The van der Waals surface area contributed by atoms with Crippen molar-refractivity contribution in [2.24, 2.45) is 0 Å². The third kappa shape index (κ3) is 38.0. The molecule has 4 fully saturated rings. The van der Waals surface area contributed by atoms with Gasteiger partial charge in [0.2, 0.25) is 12.6 Å². The van der Waals surface area contributed by atoms with E-state index in [4.69, 9.17) is 37.9 Å². The summed E-state index contributed by atoms with van der Waals surface area (Å²) in [6.07, 6.45) is -62.2. The minimum Gasteiger partial charge on any atom is -0.462 e. The van der Waals surface area contributed by atoms with Crippen LogP contribution in [0.2, 0.25) is 0 Å². The largest absolute Gasteiger partial charge is 0.462 e. The van der Waals surface area contributed by atoms with Gasteiger partial charge in [0.1, 0.15) is 84.7 Å². The highest BCUT2D eigenvalue weighted by Crippen LogP contribution is 2.41. The molecule has 4 saturated heterocycles. The Labute approximate surface area is 676 Å². The van der Waals surface area contributed by atoms with Crippen molar-refractivity contribution in [1.29, 1.82) is 0 Å². The topological polar surface area (TPSA) is 988 Å². The lowest BCUT2D eigenvalue weighted by molar-refractivity contribution is -0.340. The maximum atomic E-state index is 12.5. The molecular formula is C40H60N2O64S14. The van der Waals surface area contributed by atoms with E-state index in [0.717, 1.165) is 48.5 Å². The standard InChI is InChI=1S/C40H60N2O64S14/c43-107(44,45)85-13-21-25(95-39-35(105-119(79,80)81)31(101-115(67,68)69)27(97-111(55,56)57)23(93-39)15-87-109(49,50)51)29(99-113(61,62)63)33(103-117(73,74)75)37(91-21)89-19-7-3-17(4-8-19)41-11-1-2-12-42-18-5-9-20(10-6-18)90-38-34(104-118(76,77)78)30(100-114(64,65)66)26(22(92-38)14-86-108(46,47)48)96-40-36(106-120(82,83)84)32(102-116(70,71)72)28(98-112(58,59)60)24(94-40)16-88-110(52,53)54/h3-10,21-42H,1-2,11-16H2,(H,43,44,45)(H,46,47,48)(H,49,50,51)(H,52,53,54)(H,55,56,57)(H,58,59,60)(H,61,62,63)(H,64,65,66)(H,67,68,69)(H,70,71,72)(H,73,74,75)(H,76,77,78)(H,79,80,81)(H,82,83,84)/t21-,22-,23-,24-,25-,26-,27-,28-,29+,30+,31+,32+,33-,34-,35-,36-,37-,38-,39+,40+/m1/s1. The Morgan fingerprint density at radius 3 is 0.633 bits per heavy atom. The fourth-order valence-electron chi connectivity index (χ4n) is 10.5. The van der Waals surface area contributed by atoms with Gasteiger partial charge in [-0.3, -0.25) is 63.7 Å². The van der Waals surface area contributed by atoms with E-state index < -0.39 is 306 Å². The summed E-state index contributed by atoms with van der Waals surface area (Å²) < 4.78 is 578. The second kappa shape index (κ2) is 40.3. The molecular weight excluding hydrogens is 1980 g/mol. The summed E-state index contributed by atoms with van der Waals surface area (Å²) in [5.74, 6) is -1.14. The van der Waals surface area contributed by atoms with E-state index in [1.807, 2.05) is 0 Å². The van der Waals surface area contributed by atoms with Crippen LogP contribution in [0, 0.1) is 0 Å². The molecule has 0 saturated carbocycles. The van der Waals surface area contributed by atoms with E-state index in [-0.39, 0.29) is 37.3 Å². The van der Waals surface area contributed by atoms with Crippen molar-refractivity contribution >= 4 is 157 Å². The highest BCUT2D eigenvalue weighted by Gasteiger charge is 2.62. The Bertz CT molecular complexity index is 5230. The Morgan fingerprint density at radius 2 is 0.417 bits per heavy atom. The van der Waals surface area contributed by atoms with Gasteiger partial charge in [-0.1, -0.05) is 0 Å². The highest BCUT2D eigenvalue weighted by atomic mass is 32.3. The molecule has 66 nitrogen and oxygen atoms in total. The van der Waals surface area contributed by atoms with E-state index in [2.05, 4.69) is 69.2 Å². The van der Waals surface area contributed by atoms with Gasteiger partial charge in [-0.2, -0.15) is 118 Å². The van der Waals surface area contributed by atoms with E-state index in [1.165, 1.54) is 0 Å². The molecule has 16 N–H and O–H groups in total. The van der Waals surface area contributed by atoms with Gasteiger partial charge >= 0.3 is 146 Å². The zero-order valence-electron chi connectivity index (χ0n) is 57.2. The van der Waals surface area contributed by atoms with Crippen molar-refractivity contribution in [2.75, 3.05) is 50.2 Å². The average Bonchev–Trinajstić information content (AvgIpc) is 0.757. The predicted octanol–water partition coefficient (Wildman–Crippen LogP) is -8.42. The number of anilines is 2. The zero-order chi connectivity index (χ0) is 91.1. The summed E-state index contributed by atoms with van der Waals surface area (Å²) >= 11 is 0. The second-order valence-electron chi connectivity index (χ2n) is 23.0. The fraction of sp³-hybridized carbons (Fsp3) is 0.700. The fourth-order valence-corrected chi connectivity index (χ4v) is 16.7. The lowest BCUT2D eigenvalue weighted by Crippen LogP contribution is -2.67. The van der Waals surface area contributed by atoms with Crippen LogP contribution in [0.15, 0.2) is 48.5 Å². The first kappa shape index (κ1) is 104. The average molecular weight is 2040 g/mol. The number of benzene rings is 2. The van der Waals surface area contributed by atoms with E-state index in [1.54, 1.807) is 0 Å². The first-order valence-corrected chi connectivity index (χ1v) is 49.2. The van der Waals surface area contributed by atoms with Crippen molar-refractivity contribution in [1.82, 2.24) is 0 Å². The molecule has 0 radical (unpaired) electrons. The number of unbranched alkanes of at least 4 members (excludes halogenated alkanes) is 1. The smallest absolute Gasteiger partial charge is 0.397 e. The number of ether oxygens (including phenoxy) is 8. The summed E-state index contributed by atoms with van der Waals surface area (Å²) in [6, 6.07) is 8.49. The normalized spacial score (nSPS) is 29.0. The van der Waals surface area contributed by atoms with Gasteiger partial charge in [0, 0.05) is 24.5 Å². The maximum Gasteiger partial charge on any atom is 0.397 e. The first-order chi connectivity index (χ1) is 54.1. The number of nitrogens with one attached hydrogen (secondary N) is 2. The molecule has 80 heteroatoms. The second-order valence-corrected chi connectivity index (χ2v) is 37.8. The molecule has 6 rings (SSSR count). The van der Waals surface area contributed by atoms with E-state index >= 15 is 0 Å². The highest BCUT2D eigenvalue weighted by molar-refractivity contribution is 7.84. The van der Waals surface area contributed by atoms with Crippen LogP contribution in [-0.4, -0.2) is 344 Å². The molecule has 2 aromatic carbocycles. The van der Waals surface area contributed by atoms with Crippen LogP contribution in [0.3, 0.4) is 0 Å². The summed E-state index contributed by atoms with van der Waals surface area (Å²) in [6.45, 7) is -7.59. The molecule has 2 aromatic rings. The minimum atomic E-state index is -6.29. The van der Waals surface area contributed by atoms with Gasteiger partial charge in [-0.05, 0) is 61.4 Å². The van der Waals surface area contributed by atoms with Crippen LogP contribution >= 0.6 is 0 Å². The molecule has 0 unspecified atom stereocenters. The lowest BCUT2D eigenvalue weighted by Gasteiger charge is -2.48. The number of hydrogen-bond acceptors (Lipinski definition) is 52. The Balaban J connectivity index is 1.23. The molecule has 0 amide bonds. The van der Waals surface area contributed by atoms with Crippen LogP contribution in [0.5, 0.6) is 11.5 Å². The van der Waals surface area contributed by atoms with Gasteiger partial charge in [0.05, 0.1) is 26.4 Å². The third-order valence-electron chi connectivity index (χ3n) is 14.3. The van der Waals surface area contributed by atoms with Crippen LogP contribution in [-0.2, 0) is 233 Å². The van der Waals surface area contributed by atoms with Crippen molar-refractivity contribution in [3.8, 4) is 11.5 Å². The quantitative estimate of drug-likeness (QED) is 0.0216. The van der Waals surface area contributed by atoms with Crippen molar-refractivity contribution < 1.29 is 278 Å². The molecule has 120 heavy (non-hydrogen) atoms. The van der Waals surface area contributed by atoms with E-state index in [9.17, 15) is 182 Å². The van der Waals surface area contributed by atoms with Gasteiger partial charge in [-0.25, -0.2) is 58.6 Å². The molecule has 698 valence electrons. The lowest BCUT2D eigenvalue weighted by atomic mass is 9.97. The summed E-state index contributed by atoms with van der Waals surface area (Å²) in [5.41, 5.74) is 0.311. The monoisotopic (exact) mass is 2040 g/mol. The number of hydrogen-bond donors (Lipinski definition) is 16. The van der Waals surface area contributed by atoms with Gasteiger partial charge in [0.15, 0.2) is 37.0 Å². The van der Waals surface area contributed by atoms with E-state index in [0.29, 0.717) is 0 Å². The molecule has 20 atom stereocenters. The predicted molar refractivity (Wildman–Crippen MR) is 359 cm³/mol. The van der Waals surface area contributed by atoms with Crippen molar-refractivity contribution in [2.45, 2.75) is 136 Å². The third-order valence-corrected chi connectivity index (χ3v) is 20.7. The molecule has 0 aromatic heterocycles. The maximum absolute atomic E-state index is 12.5. The van der Waals surface area contributed by atoms with Crippen LogP contribution in [0.25, 0.3) is 0 Å². The van der Waals surface area contributed by atoms with Gasteiger partial charge in [-0.15, -0.1) is 0 Å². The van der Waals surface area contributed by atoms with Crippen molar-refractivity contribution in [3.05, 3.63) is 48.5 Å². The molecule has 0 spiro atoms. The Hall–Kier alpha value is -4.42. The van der Waals surface area contributed by atoms with Crippen LogP contribution < -0.4 is 20.1 Å². The molecule has 4 aliphatic heterocycles. The molecule has 0 bridgehead atoms. The zero-order valence-corrected chi connectivity index (χ0v) is 68.6. The molecule has 4 heterocycles. The summed E-state index contributed by atoms with van der Waals surface area (Å²) in [4.78, 5) is 0. The van der Waals surface area contributed by atoms with Gasteiger partial charge in [0.25, 0.3) is 0 Å². The molecule has 4 aliphatic rings. The first-order valence-electron chi connectivity index (χ1n) is 30.1. The Morgan fingerprint density at radius 1 is 0.233 bits per heavy atom. The minimum absolute atomic E-state index is 0.0371. The Kier molecular flexibility index (Phi) is 35.0. The molecule has 0 aliphatic carbocycles. The summed E-state index contributed by atoms with van der Waals surface area (Å²) in [7, 11) is -85.4. The number of rotatable bonds is 47. The summed E-state index contributed by atoms with van der Waals surface area (Å²) in [5, 5.41) is 5.80.